The first-order valence-electron chi connectivity index (χ1n) is 5.32. The SMILES string of the molecule is CC1(C)OC(C(=O)CO)C(C(=O)NCC(N)=O)O1. The molecular formula is C10H16N2O6. The number of aliphatic hydroxyl groups is 1. The number of amides is 2. The Labute approximate surface area is 103 Å². The molecule has 2 amide bonds. The molecule has 1 aliphatic rings. The van der Waals surface area contributed by atoms with Gasteiger partial charge in [-0.15, -0.1) is 0 Å². The number of nitrogens with two attached hydrogens (primary N) is 1. The predicted molar refractivity (Wildman–Crippen MR) is 58.1 cm³/mol. The van der Waals surface area contributed by atoms with Gasteiger partial charge >= 0.3 is 0 Å². The van der Waals surface area contributed by atoms with Crippen molar-refractivity contribution in [2.75, 3.05) is 13.2 Å². The zero-order valence-corrected chi connectivity index (χ0v) is 10.1. The molecule has 0 bridgehead atoms. The average Bonchev–Trinajstić information content (AvgIpc) is 2.61. The van der Waals surface area contributed by atoms with Gasteiger partial charge in [-0.3, -0.25) is 14.4 Å². The van der Waals surface area contributed by atoms with Gasteiger partial charge in [0.2, 0.25) is 5.91 Å². The molecule has 1 fully saturated rings. The maximum Gasteiger partial charge on any atom is 0.252 e. The van der Waals surface area contributed by atoms with E-state index in [1.54, 1.807) is 0 Å². The minimum atomic E-state index is -1.21. The van der Waals surface area contributed by atoms with E-state index in [0.717, 1.165) is 0 Å². The molecule has 18 heavy (non-hydrogen) atoms. The van der Waals surface area contributed by atoms with E-state index < -0.39 is 42.2 Å². The van der Waals surface area contributed by atoms with Crippen LogP contribution in [0.2, 0.25) is 0 Å². The summed E-state index contributed by atoms with van der Waals surface area (Å²) in [6, 6.07) is 0. The molecule has 0 radical (unpaired) electrons. The molecule has 2 unspecified atom stereocenters. The molecule has 2 atom stereocenters. The van der Waals surface area contributed by atoms with Crippen molar-refractivity contribution in [3.8, 4) is 0 Å². The molecule has 0 aromatic heterocycles. The maximum atomic E-state index is 11.7. The van der Waals surface area contributed by atoms with Gasteiger partial charge in [0.25, 0.3) is 5.91 Å². The van der Waals surface area contributed by atoms with Gasteiger partial charge in [-0.05, 0) is 13.8 Å². The van der Waals surface area contributed by atoms with Crippen molar-refractivity contribution < 1.29 is 29.0 Å². The van der Waals surface area contributed by atoms with E-state index in [2.05, 4.69) is 5.32 Å². The Morgan fingerprint density at radius 2 is 1.83 bits per heavy atom. The second-order valence-corrected chi connectivity index (χ2v) is 4.29. The standard InChI is InChI=1S/C10H16N2O6/c1-10(2)17-7(5(14)4-13)8(18-10)9(16)12-3-6(11)15/h7-8,13H,3-4H2,1-2H3,(H2,11,15)(H,12,16). The van der Waals surface area contributed by atoms with E-state index in [0.29, 0.717) is 0 Å². The van der Waals surface area contributed by atoms with Gasteiger partial charge in [0.05, 0.1) is 6.54 Å². The summed E-state index contributed by atoms with van der Waals surface area (Å²) in [4.78, 5) is 33.7. The largest absolute Gasteiger partial charge is 0.388 e. The van der Waals surface area contributed by atoms with Gasteiger partial charge in [-0.1, -0.05) is 0 Å². The van der Waals surface area contributed by atoms with E-state index in [9.17, 15) is 14.4 Å². The predicted octanol–water partition coefficient (Wildman–Crippen LogP) is -2.33. The van der Waals surface area contributed by atoms with Crippen molar-refractivity contribution >= 4 is 17.6 Å². The molecule has 0 saturated carbocycles. The highest BCUT2D eigenvalue weighted by molar-refractivity contribution is 5.94. The first-order valence-corrected chi connectivity index (χ1v) is 5.32. The van der Waals surface area contributed by atoms with Crippen LogP contribution in [0.15, 0.2) is 0 Å². The van der Waals surface area contributed by atoms with Crippen molar-refractivity contribution in [2.45, 2.75) is 31.8 Å². The molecule has 0 aromatic carbocycles. The van der Waals surface area contributed by atoms with Crippen LogP contribution in [0, 0.1) is 0 Å². The number of ketones is 1. The van der Waals surface area contributed by atoms with Crippen LogP contribution in [-0.2, 0) is 23.9 Å². The van der Waals surface area contributed by atoms with E-state index >= 15 is 0 Å². The zero-order valence-electron chi connectivity index (χ0n) is 10.1. The van der Waals surface area contributed by atoms with Crippen molar-refractivity contribution in [3.05, 3.63) is 0 Å². The summed E-state index contributed by atoms with van der Waals surface area (Å²) in [6.45, 7) is 1.95. The van der Waals surface area contributed by atoms with Crippen molar-refractivity contribution in [1.82, 2.24) is 5.32 Å². The number of Topliss-reactive ketones (excluding diaryl/α,β-unsaturated/α-hetero) is 1. The number of rotatable bonds is 5. The van der Waals surface area contributed by atoms with Gasteiger partial charge < -0.3 is 25.6 Å². The number of ether oxygens (including phenoxy) is 2. The normalized spacial score (nSPS) is 25.7. The van der Waals surface area contributed by atoms with Crippen LogP contribution in [0.5, 0.6) is 0 Å². The fraction of sp³-hybridized carbons (Fsp3) is 0.700. The van der Waals surface area contributed by atoms with E-state index in [4.69, 9.17) is 20.3 Å². The molecule has 0 aromatic rings. The molecular weight excluding hydrogens is 244 g/mol. The Hall–Kier alpha value is -1.51. The third-order valence-corrected chi connectivity index (χ3v) is 2.26. The third-order valence-electron chi connectivity index (χ3n) is 2.26. The molecule has 1 saturated heterocycles. The van der Waals surface area contributed by atoms with Gasteiger partial charge in [-0.25, -0.2) is 0 Å². The smallest absolute Gasteiger partial charge is 0.252 e. The zero-order chi connectivity index (χ0) is 13.9. The highest BCUT2D eigenvalue weighted by Gasteiger charge is 2.48. The van der Waals surface area contributed by atoms with Crippen LogP contribution in [0.4, 0.5) is 0 Å². The highest BCUT2D eigenvalue weighted by Crippen LogP contribution is 2.28. The number of hydrogen-bond donors (Lipinski definition) is 3. The fourth-order valence-corrected chi connectivity index (χ4v) is 1.55. The first-order chi connectivity index (χ1) is 8.26. The fourth-order valence-electron chi connectivity index (χ4n) is 1.55. The quantitative estimate of drug-likeness (QED) is 0.508. The van der Waals surface area contributed by atoms with Crippen LogP contribution < -0.4 is 11.1 Å². The summed E-state index contributed by atoms with van der Waals surface area (Å²) in [5.74, 6) is -3.19. The molecule has 102 valence electrons. The Bertz CT molecular complexity index is 367. The number of aliphatic hydroxyl groups excluding tert-OH is 1. The van der Waals surface area contributed by atoms with Crippen LogP contribution >= 0.6 is 0 Å². The van der Waals surface area contributed by atoms with Gasteiger partial charge in [-0.2, -0.15) is 0 Å². The Morgan fingerprint density at radius 1 is 1.28 bits per heavy atom. The molecule has 0 spiro atoms. The van der Waals surface area contributed by atoms with Crippen LogP contribution in [0.25, 0.3) is 0 Å². The molecule has 1 rings (SSSR count). The van der Waals surface area contributed by atoms with Crippen LogP contribution in [-0.4, -0.2) is 53.9 Å². The monoisotopic (exact) mass is 260 g/mol. The summed E-state index contributed by atoms with van der Waals surface area (Å²) >= 11 is 0. The van der Waals surface area contributed by atoms with Crippen LogP contribution in [0.3, 0.4) is 0 Å². The van der Waals surface area contributed by atoms with Gasteiger partial charge in [0.15, 0.2) is 23.8 Å². The lowest BCUT2D eigenvalue weighted by Gasteiger charge is -2.16. The number of nitrogens with one attached hydrogen (secondary N) is 1. The lowest BCUT2D eigenvalue weighted by molar-refractivity contribution is -0.159. The van der Waals surface area contributed by atoms with E-state index in [1.807, 2.05) is 0 Å². The summed E-state index contributed by atoms with van der Waals surface area (Å²) in [6.07, 6.45) is -2.41. The Morgan fingerprint density at radius 3 is 2.33 bits per heavy atom. The van der Waals surface area contributed by atoms with Gasteiger partial charge in [0, 0.05) is 0 Å². The second-order valence-electron chi connectivity index (χ2n) is 4.29. The van der Waals surface area contributed by atoms with Crippen LogP contribution in [0.1, 0.15) is 13.8 Å². The summed E-state index contributed by atoms with van der Waals surface area (Å²) in [7, 11) is 0. The molecule has 8 heteroatoms. The van der Waals surface area contributed by atoms with Gasteiger partial charge in [0.1, 0.15) is 6.61 Å². The topological polar surface area (TPSA) is 128 Å². The summed E-state index contributed by atoms with van der Waals surface area (Å²) in [5, 5.41) is 11.0. The maximum absolute atomic E-state index is 11.7. The molecule has 8 nitrogen and oxygen atoms in total. The lowest BCUT2D eigenvalue weighted by Crippen LogP contribution is -2.46. The summed E-state index contributed by atoms with van der Waals surface area (Å²) < 4.78 is 10.5. The van der Waals surface area contributed by atoms with E-state index in [1.165, 1.54) is 13.8 Å². The molecule has 4 N–H and O–H groups in total. The second kappa shape index (κ2) is 5.42. The van der Waals surface area contributed by atoms with E-state index in [-0.39, 0.29) is 6.54 Å². The number of hydrogen-bond acceptors (Lipinski definition) is 6. The Kier molecular flexibility index (Phi) is 4.38. The summed E-state index contributed by atoms with van der Waals surface area (Å²) in [5.41, 5.74) is 4.88. The third kappa shape index (κ3) is 3.49. The van der Waals surface area contributed by atoms with Crippen molar-refractivity contribution in [3.63, 3.8) is 0 Å². The molecule has 0 aliphatic carbocycles. The van der Waals surface area contributed by atoms with Crippen molar-refractivity contribution in [1.29, 1.82) is 0 Å². The minimum absolute atomic E-state index is 0.362. The highest BCUT2D eigenvalue weighted by atomic mass is 16.8. The number of primary amides is 1. The first kappa shape index (κ1) is 14.6. The lowest BCUT2D eigenvalue weighted by atomic mass is 10.1. The number of carbonyl (C=O) groups is 3. The molecule has 1 aliphatic heterocycles. The number of carbonyl (C=O) groups excluding carboxylic acids is 3. The molecule has 1 heterocycles. The van der Waals surface area contributed by atoms with Crippen molar-refractivity contribution in [2.24, 2.45) is 5.73 Å². The Balaban J connectivity index is 2.74. The average molecular weight is 260 g/mol. The minimum Gasteiger partial charge on any atom is -0.388 e.